The van der Waals surface area contributed by atoms with Crippen LogP contribution in [0.1, 0.15) is 12.1 Å². The average Bonchev–Trinajstić information content (AvgIpc) is 2.33. The summed E-state index contributed by atoms with van der Waals surface area (Å²) in [4.78, 5) is 33.6. The Kier molecular flexibility index (Phi) is 4.79. The molecule has 0 bridgehead atoms. The molecule has 1 heterocycles. The number of alkyl halides is 1. The zero-order chi connectivity index (χ0) is 13.9. The Bertz CT molecular complexity index is 577. The van der Waals surface area contributed by atoms with Gasteiger partial charge in [-0.25, -0.2) is 4.79 Å². The standard InChI is InChI=1S/C9H12BrN3O5/c1-11-8(15)7(13(17)18)6(5-10)12(9(11)16)3-2-4-14/h14H,2-5H2,1H3. The molecule has 0 aliphatic rings. The maximum atomic E-state index is 11.9. The van der Waals surface area contributed by atoms with Crippen LogP contribution in [0.3, 0.4) is 0 Å². The summed E-state index contributed by atoms with van der Waals surface area (Å²) >= 11 is 3.04. The maximum Gasteiger partial charge on any atom is 0.354 e. The van der Waals surface area contributed by atoms with E-state index in [0.29, 0.717) is 4.57 Å². The fourth-order valence-electron chi connectivity index (χ4n) is 1.57. The number of hydrogen-bond acceptors (Lipinski definition) is 5. The first-order chi connectivity index (χ1) is 8.45. The highest BCUT2D eigenvalue weighted by molar-refractivity contribution is 9.08. The van der Waals surface area contributed by atoms with Crippen molar-refractivity contribution in [1.29, 1.82) is 0 Å². The van der Waals surface area contributed by atoms with E-state index in [1.54, 1.807) is 0 Å². The second kappa shape index (κ2) is 5.91. The third-order valence-electron chi connectivity index (χ3n) is 2.47. The van der Waals surface area contributed by atoms with Crippen LogP contribution in [-0.4, -0.2) is 25.8 Å². The molecule has 0 saturated carbocycles. The van der Waals surface area contributed by atoms with Crippen molar-refractivity contribution >= 4 is 21.6 Å². The highest BCUT2D eigenvalue weighted by Crippen LogP contribution is 2.15. The van der Waals surface area contributed by atoms with E-state index in [4.69, 9.17) is 5.11 Å². The van der Waals surface area contributed by atoms with E-state index in [9.17, 15) is 19.7 Å². The summed E-state index contributed by atoms with van der Waals surface area (Å²) in [5, 5.41) is 19.7. The van der Waals surface area contributed by atoms with Gasteiger partial charge in [0, 0.05) is 20.2 Å². The van der Waals surface area contributed by atoms with Gasteiger partial charge >= 0.3 is 16.9 Å². The fourth-order valence-corrected chi connectivity index (χ4v) is 2.14. The van der Waals surface area contributed by atoms with Crippen LogP contribution in [0.2, 0.25) is 0 Å². The normalized spacial score (nSPS) is 10.6. The Morgan fingerprint density at radius 2 is 2.06 bits per heavy atom. The summed E-state index contributed by atoms with van der Waals surface area (Å²) in [6, 6.07) is 0. The molecule has 0 aliphatic heterocycles. The van der Waals surface area contributed by atoms with Crippen LogP contribution in [0.15, 0.2) is 9.59 Å². The number of halogens is 1. The van der Waals surface area contributed by atoms with Gasteiger partial charge in [0.15, 0.2) is 0 Å². The SMILES string of the molecule is Cn1c(=O)c([N+](=O)[O-])c(CBr)n(CCCO)c1=O. The summed E-state index contributed by atoms with van der Waals surface area (Å²) in [7, 11) is 1.19. The van der Waals surface area contributed by atoms with Gasteiger partial charge in [0.1, 0.15) is 5.69 Å². The van der Waals surface area contributed by atoms with Crippen LogP contribution in [-0.2, 0) is 18.9 Å². The van der Waals surface area contributed by atoms with Crippen LogP contribution in [0.5, 0.6) is 0 Å². The second-order valence-electron chi connectivity index (χ2n) is 3.56. The van der Waals surface area contributed by atoms with Crippen molar-refractivity contribution in [2.24, 2.45) is 7.05 Å². The molecule has 0 saturated heterocycles. The van der Waals surface area contributed by atoms with Crippen molar-refractivity contribution in [3.05, 3.63) is 36.6 Å². The Balaban J connectivity index is 3.64. The molecule has 1 aromatic rings. The molecule has 9 heteroatoms. The van der Waals surface area contributed by atoms with E-state index in [0.717, 1.165) is 4.57 Å². The molecule has 8 nitrogen and oxygen atoms in total. The van der Waals surface area contributed by atoms with Crippen LogP contribution in [0.25, 0.3) is 0 Å². The minimum atomic E-state index is -0.931. The topological polar surface area (TPSA) is 107 Å². The molecular weight excluding hydrogens is 310 g/mol. The molecule has 0 fully saturated rings. The van der Waals surface area contributed by atoms with Crippen molar-refractivity contribution in [3.63, 3.8) is 0 Å². The van der Waals surface area contributed by atoms with E-state index in [1.165, 1.54) is 7.05 Å². The van der Waals surface area contributed by atoms with Gasteiger partial charge in [-0.3, -0.25) is 24.0 Å². The van der Waals surface area contributed by atoms with Gasteiger partial charge < -0.3 is 5.11 Å². The predicted molar refractivity (Wildman–Crippen MR) is 66.9 cm³/mol. The molecule has 0 aromatic carbocycles. The predicted octanol–water partition coefficient (Wildman–Crippen LogP) is -0.268. The number of aliphatic hydroxyl groups excluding tert-OH is 1. The van der Waals surface area contributed by atoms with Gasteiger partial charge in [-0.15, -0.1) is 0 Å². The van der Waals surface area contributed by atoms with E-state index in [2.05, 4.69) is 15.9 Å². The van der Waals surface area contributed by atoms with Crippen molar-refractivity contribution in [2.45, 2.75) is 18.3 Å². The Hall–Kier alpha value is -1.48. The van der Waals surface area contributed by atoms with Crippen LogP contribution < -0.4 is 11.2 Å². The van der Waals surface area contributed by atoms with Crippen molar-refractivity contribution in [1.82, 2.24) is 9.13 Å². The molecule has 1 aromatic heterocycles. The van der Waals surface area contributed by atoms with Gasteiger partial charge in [-0.2, -0.15) is 0 Å². The lowest BCUT2D eigenvalue weighted by molar-refractivity contribution is -0.387. The molecule has 0 spiro atoms. The van der Waals surface area contributed by atoms with Gasteiger partial charge in [-0.05, 0) is 6.42 Å². The number of nitrogens with zero attached hydrogens (tertiary/aromatic N) is 3. The number of rotatable bonds is 5. The Morgan fingerprint density at radius 3 is 2.50 bits per heavy atom. The van der Waals surface area contributed by atoms with Gasteiger partial charge in [0.2, 0.25) is 0 Å². The largest absolute Gasteiger partial charge is 0.396 e. The van der Waals surface area contributed by atoms with E-state index < -0.39 is 21.9 Å². The Labute approximate surface area is 110 Å². The summed E-state index contributed by atoms with van der Waals surface area (Å²) < 4.78 is 1.83. The zero-order valence-corrected chi connectivity index (χ0v) is 11.2. The quantitative estimate of drug-likeness (QED) is 0.456. The summed E-state index contributed by atoms with van der Waals surface area (Å²) in [5.41, 5.74) is -2.17. The fraction of sp³-hybridized carbons (Fsp3) is 0.556. The first-order valence-corrected chi connectivity index (χ1v) is 6.21. The third-order valence-corrected chi connectivity index (χ3v) is 3.00. The van der Waals surface area contributed by atoms with Crippen molar-refractivity contribution < 1.29 is 10.0 Å². The molecule has 100 valence electrons. The minimum Gasteiger partial charge on any atom is -0.396 e. The van der Waals surface area contributed by atoms with Gasteiger partial charge in [-0.1, -0.05) is 15.9 Å². The number of aliphatic hydroxyl groups is 1. The highest BCUT2D eigenvalue weighted by atomic mass is 79.9. The van der Waals surface area contributed by atoms with Crippen molar-refractivity contribution in [2.75, 3.05) is 6.61 Å². The molecule has 0 aliphatic carbocycles. The summed E-state index contributed by atoms with van der Waals surface area (Å²) in [6.07, 6.45) is 0.273. The van der Waals surface area contributed by atoms with E-state index in [1.807, 2.05) is 0 Å². The summed E-state index contributed by atoms with van der Waals surface area (Å²) in [6.45, 7) is -0.0317. The van der Waals surface area contributed by atoms with Crippen LogP contribution >= 0.6 is 15.9 Å². The third kappa shape index (κ3) is 2.51. The maximum absolute atomic E-state index is 11.9. The number of nitro groups is 1. The molecule has 1 N–H and O–H groups in total. The van der Waals surface area contributed by atoms with Crippen LogP contribution in [0.4, 0.5) is 5.69 Å². The lowest BCUT2D eigenvalue weighted by Crippen LogP contribution is -2.41. The molecule has 1 rings (SSSR count). The molecule has 18 heavy (non-hydrogen) atoms. The molecule has 0 atom stereocenters. The number of aromatic nitrogens is 2. The molecule has 0 amide bonds. The molecule has 0 unspecified atom stereocenters. The number of hydrogen-bond donors (Lipinski definition) is 1. The first kappa shape index (κ1) is 14.6. The second-order valence-corrected chi connectivity index (χ2v) is 4.12. The summed E-state index contributed by atoms with van der Waals surface area (Å²) in [5.74, 6) is 0. The lowest BCUT2D eigenvalue weighted by Gasteiger charge is -2.11. The minimum absolute atomic E-state index is 0.0140. The van der Waals surface area contributed by atoms with Crippen molar-refractivity contribution in [3.8, 4) is 0 Å². The van der Waals surface area contributed by atoms with Crippen LogP contribution in [0, 0.1) is 10.1 Å². The molecular formula is C9H12BrN3O5. The first-order valence-electron chi connectivity index (χ1n) is 5.09. The monoisotopic (exact) mass is 321 g/mol. The van der Waals surface area contributed by atoms with Gasteiger partial charge in [0.25, 0.3) is 0 Å². The zero-order valence-electron chi connectivity index (χ0n) is 9.63. The smallest absolute Gasteiger partial charge is 0.354 e. The lowest BCUT2D eigenvalue weighted by atomic mass is 10.3. The van der Waals surface area contributed by atoms with Gasteiger partial charge in [0.05, 0.1) is 10.3 Å². The highest BCUT2D eigenvalue weighted by Gasteiger charge is 2.25. The van der Waals surface area contributed by atoms with E-state index >= 15 is 0 Å². The molecule has 0 radical (unpaired) electrons. The average molecular weight is 322 g/mol. The Morgan fingerprint density at radius 1 is 1.44 bits per heavy atom. The van der Waals surface area contributed by atoms with E-state index in [-0.39, 0.29) is 30.6 Å².